The van der Waals surface area contributed by atoms with Gasteiger partial charge >= 0.3 is 0 Å². The summed E-state index contributed by atoms with van der Waals surface area (Å²) in [7, 11) is 0. The molecule has 0 unspecified atom stereocenters. The number of hydrogen-bond donors (Lipinski definition) is 0. The monoisotopic (exact) mass is 257 g/mol. The number of nitrogens with zero attached hydrogens (tertiary/aromatic N) is 3. The fourth-order valence-electron chi connectivity index (χ4n) is 2.35. The Hall–Kier alpha value is -1.61. The zero-order valence-electron chi connectivity index (χ0n) is 11.8. The summed E-state index contributed by atoms with van der Waals surface area (Å²) in [5.41, 5.74) is 2.27. The van der Waals surface area contributed by atoms with E-state index in [1.165, 1.54) is 18.5 Å². The van der Waals surface area contributed by atoms with E-state index in [2.05, 4.69) is 40.4 Å². The minimum atomic E-state index is 1.08. The van der Waals surface area contributed by atoms with Gasteiger partial charge in [0.2, 0.25) is 0 Å². The molecule has 2 heterocycles. The van der Waals surface area contributed by atoms with E-state index in [0.717, 1.165) is 31.9 Å². The van der Waals surface area contributed by atoms with Gasteiger partial charge in [-0.25, -0.2) is 0 Å². The van der Waals surface area contributed by atoms with E-state index >= 15 is 0 Å². The fourth-order valence-corrected chi connectivity index (χ4v) is 2.35. The summed E-state index contributed by atoms with van der Waals surface area (Å²) in [5.74, 6) is 0. The van der Waals surface area contributed by atoms with Crippen molar-refractivity contribution in [2.45, 2.75) is 13.3 Å². The Labute approximate surface area is 116 Å². The van der Waals surface area contributed by atoms with E-state index in [4.69, 9.17) is 0 Å². The maximum Gasteiger partial charge on any atom is 0.0306 e. The maximum atomic E-state index is 4.17. The Morgan fingerprint density at radius 2 is 1.95 bits per heavy atom. The smallest absolute Gasteiger partial charge is 0.0306 e. The molecule has 0 bridgehead atoms. The van der Waals surface area contributed by atoms with Crippen LogP contribution in [0.15, 0.2) is 42.9 Å². The molecule has 1 aliphatic heterocycles. The maximum absolute atomic E-state index is 4.17. The lowest BCUT2D eigenvalue weighted by Crippen LogP contribution is -2.45. The molecule has 3 nitrogen and oxygen atoms in total. The predicted molar refractivity (Wildman–Crippen MR) is 80.7 cm³/mol. The normalized spacial score (nSPS) is 17.0. The molecule has 1 fully saturated rings. The average molecular weight is 257 g/mol. The minimum Gasteiger partial charge on any atom is -0.369 e. The first-order valence-corrected chi connectivity index (χ1v) is 7.04. The molecule has 1 saturated heterocycles. The molecule has 0 amide bonds. The van der Waals surface area contributed by atoms with Gasteiger partial charge in [-0.15, -0.1) is 0 Å². The first-order valence-electron chi connectivity index (χ1n) is 7.04. The Morgan fingerprint density at radius 3 is 2.58 bits per heavy atom. The molecule has 0 aliphatic carbocycles. The SMILES string of the molecule is C=C(/C=C/c1ccncc1)N1CCN(CCC)CC1. The van der Waals surface area contributed by atoms with Gasteiger partial charge in [0.15, 0.2) is 0 Å². The van der Waals surface area contributed by atoms with Crippen LogP contribution in [-0.2, 0) is 0 Å². The van der Waals surface area contributed by atoms with Crippen LogP contribution >= 0.6 is 0 Å². The van der Waals surface area contributed by atoms with Crippen molar-refractivity contribution in [3.05, 3.63) is 48.4 Å². The average Bonchev–Trinajstić information content (AvgIpc) is 2.47. The molecular formula is C16H23N3. The predicted octanol–water partition coefficient (Wildman–Crippen LogP) is 2.64. The lowest BCUT2D eigenvalue weighted by molar-refractivity contribution is 0.162. The molecule has 102 valence electrons. The van der Waals surface area contributed by atoms with Crippen LogP contribution in [0.3, 0.4) is 0 Å². The molecule has 1 aromatic heterocycles. The van der Waals surface area contributed by atoms with Crippen LogP contribution in [0.25, 0.3) is 6.08 Å². The van der Waals surface area contributed by atoms with E-state index in [9.17, 15) is 0 Å². The standard InChI is InChI=1S/C16H23N3/c1-3-10-18-11-13-19(14-12-18)15(2)4-5-16-6-8-17-9-7-16/h4-9H,2-3,10-14H2,1H3/b5-4+. The van der Waals surface area contributed by atoms with Crippen molar-refractivity contribution in [1.29, 1.82) is 0 Å². The highest BCUT2D eigenvalue weighted by Gasteiger charge is 2.15. The number of rotatable bonds is 5. The Balaban J connectivity index is 1.83. The zero-order chi connectivity index (χ0) is 13.5. The van der Waals surface area contributed by atoms with Crippen LogP contribution in [0.4, 0.5) is 0 Å². The van der Waals surface area contributed by atoms with Crippen LogP contribution in [0.1, 0.15) is 18.9 Å². The van der Waals surface area contributed by atoms with Crippen molar-refractivity contribution < 1.29 is 0 Å². The third kappa shape index (κ3) is 4.21. The summed E-state index contributed by atoms with van der Waals surface area (Å²) in [4.78, 5) is 8.90. The lowest BCUT2D eigenvalue weighted by atomic mass is 10.2. The van der Waals surface area contributed by atoms with E-state index in [1.54, 1.807) is 0 Å². The Kier molecular flexibility index (Phi) is 5.16. The van der Waals surface area contributed by atoms with Gasteiger partial charge < -0.3 is 4.90 Å². The number of pyridine rings is 1. The highest BCUT2D eigenvalue weighted by molar-refractivity contribution is 5.51. The molecule has 0 N–H and O–H groups in total. The number of allylic oxidation sites excluding steroid dienone is 1. The molecule has 0 spiro atoms. The number of piperazine rings is 1. The summed E-state index contributed by atoms with van der Waals surface area (Å²) in [6.07, 6.45) is 9.06. The van der Waals surface area contributed by atoms with Gasteiger partial charge in [-0.3, -0.25) is 9.88 Å². The van der Waals surface area contributed by atoms with Gasteiger partial charge in [-0.1, -0.05) is 19.6 Å². The van der Waals surface area contributed by atoms with Crippen LogP contribution in [0.2, 0.25) is 0 Å². The minimum absolute atomic E-state index is 1.08. The van der Waals surface area contributed by atoms with Crippen LogP contribution in [-0.4, -0.2) is 47.5 Å². The molecule has 1 aromatic rings. The lowest BCUT2D eigenvalue weighted by Gasteiger charge is -2.36. The first-order chi connectivity index (χ1) is 9.29. The highest BCUT2D eigenvalue weighted by atomic mass is 15.3. The molecule has 0 aromatic carbocycles. The second-order valence-corrected chi connectivity index (χ2v) is 4.93. The molecule has 0 radical (unpaired) electrons. The van der Waals surface area contributed by atoms with Crippen LogP contribution in [0.5, 0.6) is 0 Å². The van der Waals surface area contributed by atoms with Crippen molar-refractivity contribution in [2.75, 3.05) is 32.7 Å². The third-order valence-electron chi connectivity index (χ3n) is 3.49. The van der Waals surface area contributed by atoms with Crippen molar-refractivity contribution in [2.24, 2.45) is 0 Å². The first kappa shape index (κ1) is 13.8. The largest absolute Gasteiger partial charge is 0.369 e. The van der Waals surface area contributed by atoms with E-state index in [0.29, 0.717) is 0 Å². The molecule has 0 atom stereocenters. The number of hydrogen-bond acceptors (Lipinski definition) is 3. The molecule has 3 heteroatoms. The van der Waals surface area contributed by atoms with Gasteiger partial charge in [0, 0.05) is 44.3 Å². The van der Waals surface area contributed by atoms with Crippen molar-refractivity contribution in [3.8, 4) is 0 Å². The van der Waals surface area contributed by atoms with Crippen molar-refractivity contribution in [1.82, 2.24) is 14.8 Å². The second-order valence-electron chi connectivity index (χ2n) is 4.93. The third-order valence-corrected chi connectivity index (χ3v) is 3.49. The molecule has 1 aliphatic rings. The summed E-state index contributed by atoms with van der Waals surface area (Å²) in [6.45, 7) is 12.1. The van der Waals surface area contributed by atoms with Crippen molar-refractivity contribution >= 4 is 6.08 Å². The highest BCUT2D eigenvalue weighted by Crippen LogP contribution is 2.11. The Morgan fingerprint density at radius 1 is 1.26 bits per heavy atom. The molecule has 19 heavy (non-hydrogen) atoms. The van der Waals surface area contributed by atoms with Crippen LogP contribution in [0, 0.1) is 0 Å². The molecule has 0 saturated carbocycles. The zero-order valence-corrected chi connectivity index (χ0v) is 11.8. The second kappa shape index (κ2) is 7.10. The topological polar surface area (TPSA) is 19.4 Å². The van der Waals surface area contributed by atoms with E-state index < -0.39 is 0 Å². The van der Waals surface area contributed by atoms with E-state index in [1.807, 2.05) is 24.5 Å². The Bertz CT molecular complexity index is 417. The summed E-state index contributed by atoms with van der Waals surface area (Å²) in [5, 5.41) is 0. The van der Waals surface area contributed by atoms with Gasteiger partial charge in [0.05, 0.1) is 0 Å². The van der Waals surface area contributed by atoms with E-state index in [-0.39, 0.29) is 0 Å². The van der Waals surface area contributed by atoms with Gasteiger partial charge in [0.25, 0.3) is 0 Å². The van der Waals surface area contributed by atoms with Gasteiger partial charge in [0.1, 0.15) is 0 Å². The van der Waals surface area contributed by atoms with Crippen LogP contribution < -0.4 is 0 Å². The summed E-state index contributed by atoms with van der Waals surface area (Å²) in [6, 6.07) is 4.01. The fraction of sp³-hybridized carbons (Fsp3) is 0.438. The number of aromatic nitrogens is 1. The molecular weight excluding hydrogens is 234 g/mol. The molecule has 2 rings (SSSR count). The summed E-state index contributed by atoms with van der Waals surface area (Å²) < 4.78 is 0. The van der Waals surface area contributed by atoms with Gasteiger partial charge in [-0.2, -0.15) is 0 Å². The summed E-state index contributed by atoms with van der Waals surface area (Å²) >= 11 is 0. The quantitative estimate of drug-likeness (QED) is 0.756. The van der Waals surface area contributed by atoms with Gasteiger partial charge in [-0.05, 0) is 36.7 Å². The van der Waals surface area contributed by atoms with Crippen molar-refractivity contribution in [3.63, 3.8) is 0 Å².